The van der Waals surface area contributed by atoms with Crippen LogP contribution in [0.5, 0.6) is 0 Å². The van der Waals surface area contributed by atoms with Crippen molar-refractivity contribution in [3.8, 4) is 0 Å². The number of ether oxygens (including phenoxy) is 1. The molecule has 5 rings (SSSR count). The van der Waals surface area contributed by atoms with Gasteiger partial charge >= 0.3 is 5.97 Å². The van der Waals surface area contributed by atoms with Gasteiger partial charge in [-0.05, 0) is 60.2 Å². The first-order valence-corrected chi connectivity index (χ1v) is 12.4. The molecule has 0 bridgehead atoms. The maximum atomic E-state index is 13.3. The summed E-state index contributed by atoms with van der Waals surface area (Å²) in [7, 11) is 0. The van der Waals surface area contributed by atoms with Crippen molar-refractivity contribution >= 4 is 28.8 Å². The third-order valence-electron chi connectivity index (χ3n) is 6.84. The highest BCUT2D eigenvalue weighted by Gasteiger charge is 2.29. The number of aromatic amines is 1. The Morgan fingerprint density at radius 2 is 1.92 bits per heavy atom. The number of halogens is 1. The Kier molecular flexibility index (Phi) is 7.18. The first-order valence-electron chi connectivity index (χ1n) is 12.4. The lowest BCUT2D eigenvalue weighted by Crippen LogP contribution is -2.27. The summed E-state index contributed by atoms with van der Waals surface area (Å²) >= 11 is 0. The molecule has 1 aliphatic carbocycles. The predicted octanol–water partition coefficient (Wildman–Crippen LogP) is 4.10. The predicted molar refractivity (Wildman–Crippen MR) is 142 cm³/mol. The van der Waals surface area contributed by atoms with E-state index in [1.165, 1.54) is 30.7 Å². The van der Waals surface area contributed by atoms with Crippen LogP contribution in [0.25, 0.3) is 11.0 Å². The molecule has 4 aromatic rings. The van der Waals surface area contributed by atoms with Crippen LogP contribution in [0.2, 0.25) is 0 Å². The molecule has 2 aromatic heterocycles. The molecule has 3 N–H and O–H groups in total. The summed E-state index contributed by atoms with van der Waals surface area (Å²) in [6.07, 6.45) is 5.65. The van der Waals surface area contributed by atoms with Crippen molar-refractivity contribution in [3.63, 3.8) is 0 Å². The molecule has 0 fully saturated rings. The van der Waals surface area contributed by atoms with Gasteiger partial charge < -0.3 is 20.4 Å². The van der Waals surface area contributed by atoms with Gasteiger partial charge in [0.1, 0.15) is 24.3 Å². The van der Waals surface area contributed by atoms with Gasteiger partial charge in [0.25, 0.3) is 11.8 Å². The van der Waals surface area contributed by atoms with Gasteiger partial charge in [0, 0.05) is 12.7 Å². The number of amides is 2. The highest BCUT2D eigenvalue weighted by Crippen LogP contribution is 2.35. The van der Waals surface area contributed by atoms with Crippen LogP contribution in [0, 0.1) is 12.7 Å². The summed E-state index contributed by atoms with van der Waals surface area (Å²) in [4.78, 5) is 49.8. The Morgan fingerprint density at radius 1 is 1.13 bits per heavy atom. The number of fused-ring (bicyclic) bond motifs is 2. The minimum atomic E-state index is -0.455. The third kappa shape index (κ3) is 5.13. The zero-order valence-electron chi connectivity index (χ0n) is 21.2. The Hall–Kier alpha value is -4.86. The molecule has 9 nitrogen and oxygen atoms in total. The van der Waals surface area contributed by atoms with Crippen molar-refractivity contribution in [2.45, 2.75) is 32.4 Å². The summed E-state index contributed by atoms with van der Waals surface area (Å²) in [5, 5.41) is 5.81. The van der Waals surface area contributed by atoms with Crippen molar-refractivity contribution in [2.75, 3.05) is 6.61 Å². The fourth-order valence-corrected chi connectivity index (χ4v) is 4.85. The van der Waals surface area contributed by atoms with E-state index in [9.17, 15) is 18.8 Å². The van der Waals surface area contributed by atoms with E-state index in [4.69, 9.17) is 4.74 Å². The average Bonchev–Trinajstić information content (AvgIpc) is 3.56. The number of esters is 1. The Labute approximate surface area is 223 Å². The Balaban J connectivity index is 1.31. The topological polar surface area (TPSA) is 126 Å². The number of carbonyl (C=O) groups excluding carboxylic acids is 3. The third-order valence-corrected chi connectivity index (χ3v) is 6.84. The van der Waals surface area contributed by atoms with Crippen LogP contribution in [0.4, 0.5) is 4.39 Å². The highest BCUT2D eigenvalue weighted by molar-refractivity contribution is 6.10. The summed E-state index contributed by atoms with van der Waals surface area (Å²) in [6.45, 7) is 5.77. The molecule has 0 radical (unpaired) electrons. The molecule has 2 aromatic carbocycles. The number of aromatic nitrogens is 3. The number of nitrogens with zero attached hydrogens (tertiary/aromatic N) is 2. The molecule has 0 saturated carbocycles. The number of benzene rings is 2. The second-order valence-corrected chi connectivity index (χ2v) is 9.22. The van der Waals surface area contributed by atoms with Gasteiger partial charge in [-0.2, -0.15) is 0 Å². The summed E-state index contributed by atoms with van der Waals surface area (Å²) in [5.74, 6) is -1.56. The van der Waals surface area contributed by atoms with E-state index in [1.54, 1.807) is 18.2 Å². The molecule has 39 heavy (non-hydrogen) atoms. The van der Waals surface area contributed by atoms with Crippen molar-refractivity contribution in [1.29, 1.82) is 0 Å². The van der Waals surface area contributed by atoms with E-state index in [0.29, 0.717) is 29.4 Å². The molecule has 0 spiro atoms. The number of rotatable bonds is 8. The number of H-pyrrole nitrogens is 1. The minimum Gasteiger partial charge on any atom is -0.458 e. The zero-order chi connectivity index (χ0) is 27.5. The molecule has 0 aliphatic heterocycles. The number of hydrogen-bond acceptors (Lipinski definition) is 6. The molecule has 2 heterocycles. The van der Waals surface area contributed by atoms with Crippen molar-refractivity contribution in [2.24, 2.45) is 0 Å². The van der Waals surface area contributed by atoms with Crippen LogP contribution in [-0.4, -0.2) is 39.3 Å². The Bertz CT molecular complexity index is 1600. The van der Waals surface area contributed by atoms with Gasteiger partial charge in [0.2, 0.25) is 0 Å². The van der Waals surface area contributed by atoms with E-state index in [2.05, 4.69) is 32.2 Å². The van der Waals surface area contributed by atoms with Gasteiger partial charge in [0.05, 0.1) is 22.7 Å². The maximum Gasteiger partial charge on any atom is 0.338 e. The van der Waals surface area contributed by atoms with Crippen molar-refractivity contribution < 1.29 is 23.5 Å². The largest absolute Gasteiger partial charge is 0.458 e. The molecule has 0 unspecified atom stereocenters. The molecular weight excluding hydrogens is 501 g/mol. The molecule has 198 valence electrons. The van der Waals surface area contributed by atoms with E-state index in [-0.39, 0.29) is 42.2 Å². The number of nitrogens with one attached hydrogen (secondary N) is 3. The van der Waals surface area contributed by atoms with Gasteiger partial charge in [-0.25, -0.2) is 19.2 Å². The summed E-state index contributed by atoms with van der Waals surface area (Å²) < 4.78 is 18.3. The lowest BCUT2D eigenvalue weighted by Gasteiger charge is -2.15. The molecular formula is C29H26FN5O4. The molecule has 1 aliphatic rings. The van der Waals surface area contributed by atoms with Crippen LogP contribution in [0.15, 0.2) is 61.6 Å². The molecule has 10 heteroatoms. The standard InChI is InChI=1S/C29H26FN5O4/c1-3-12-39-29(38)20-8-9-21-19(16(20)2)10-11-23(21)35-27(36)22-14-31-25-24(22)33-15-34-26(25)28(37)32-13-17-4-6-18(30)7-5-17/h3-9,14-15,23,31H,1,10-13H2,2H3,(H,32,37)(H,35,36)/t23-/m0/s1. The highest BCUT2D eigenvalue weighted by atomic mass is 19.1. The van der Waals surface area contributed by atoms with Crippen LogP contribution >= 0.6 is 0 Å². The van der Waals surface area contributed by atoms with Crippen molar-refractivity contribution in [1.82, 2.24) is 25.6 Å². The van der Waals surface area contributed by atoms with Gasteiger partial charge in [0.15, 0.2) is 5.69 Å². The summed E-state index contributed by atoms with van der Waals surface area (Å²) in [5.41, 5.74) is 5.10. The van der Waals surface area contributed by atoms with E-state index in [1.807, 2.05) is 13.0 Å². The van der Waals surface area contributed by atoms with E-state index in [0.717, 1.165) is 22.3 Å². The van der Waals surface area contributed by atoms with Crippen LogP contribution < -0.4 is 10.6 Å². The normalized spacial score (nSPS) is 14.1. The first kappa shape index (κ1) is 25.8. The smallest absolute Gasteiger partial charge is 0.338 e. The van der Waals surface area contributed by atoms with Crippen LogP contribution in [0.3, 0.4) is 0 Å². The second-order valence-electron chi connectivity index (χ2n) is 9.22. The zero-order valence-corrected chi connectivity index (χ0v) is 21.2. The van der Waals surface area contributed by atoms with Gasteiger partial charge in [-0.1, -0.05) is 30.9 Å². The van der Waals surface area contributed by atoms with Crippen LogP contribution in [-0.2, 0) is 17.7 Å². The fourth-order valence-electron chi connectivity index (χ4n) is 4.85. The average molecular weight is 528 g/mol. The maximum absolute atomic E-state index is 13.3. The number of hydrogen-bond donors (Lipinski definition) is 3. The van der Waals surface area contributed by atoms with E-state index < -0.39 is 11.9 Å². The van der Waals surface area contributed by atoms with Crippen LogP contribution in [0.1, 0.15) is 65.9 Å². The van der Waals surface area contributed by atoms with Gasteiger partial charge in [-0.15, -0.1) is 0 Å². The van der Waals surface area contributed by atoms with E-state index >= 15 is 0 Å². The van der Waals surface area contributed by atoms with Gasteiger partial charge in [-0.3, -0.25) is 9.59 Å². The summed E-state index contributed by atoms with van der Waals surface area (Å²) in [6, 6.07) is 9.14. The SMILES string of the molecule is C=CCOC(=O)c1ccc2c(c1C)CC[C@@H]2NC(=O)c1c[nH]c2c(C(=O)NCc3ccc(F)cc3)ncnc12. The molecule has 2 amide bonds. The lowest BCUT2D eigenvalue weighted by molar-refractivity contribution is 0.0548. The lowest BCUT2D eigenvalue weighted by atomic mass is 9.98. The second kappa shape index (κ2) is 10.9. The first-order chi connectivity index (χ1) is 18.9. The minimum absolute atomic E-state index is 0.0962. The number of carbonyl (C=O) groups is 3. The molecule has 0 saturated heterocycles. The quantitative estimate of drug-likeness (QED) is 0.234. The molecule has 1 atom stereocenters. The monoisotopic (exact) mass is 527 g/mol. The fraction of sp³-hybridized carbons (Fsp3) is 0.207. The Morgan fingerprint density at radius 3 is 2.69 bits per heavy atom. The van der Waals surface area contributed by atoms with Crippen molar-refractivity contribution in [3.05, 3.63) is 106 Å².